The number of anilines is 1. The molecule has 0 amide bonds. The molecule has 0 bridgehead atoms. The Morgan fingerprint density at radius 1 is 1.00 bits per heavy atom. The zero-order chi connectivity index (χ0) is 20.8. The highest BCUT2D eigenvalue weighted by molar-refractivity contribution is 7.92. The Bertz CT molecular complexity index is 1040. The molecule has 2 aromatic carbocycles. The molecule has 0 aromatic heterocycles. The van der Waals surface area contributed by atoms with Crippen molar-refractivity contribution in [3.63, 3.8) is 0 Å². The third-order valence-corrected chi connectivity index (χ3v) is 6.43. The molecule has 152 valence electrons. The summed E-state index contributed by atoms with van der Waals surface area (Å²) < 4.78 is 58.6. The van der Waals surface area contributed by atoms with Gasteiger partial charge in [-0.1, -0.05) is 6.07 Å². The van der Waals surface area contributed by atoms with E-state index < -0.39 is 25.0 Å². The molecule has 0 saturated heterocycles. The second kappa shape index (κ2) is 9.10. The number of benzene rings is 2. The van der Waals surface area contributed by atoms with Crippen molar-refractivity contribution in [2.45, 2.75) is 16.2 Å². The van der Waals surface area contributed by atoms with Gasteiger partial charge in [0, 0.05) is 38.1 Å². The Hall–Kier alpha value is -2.54. The van der Waals surface area contributed by atoms with Gasteiger partial charge in [-0.15, -0.1) is 0 Å². The Morgan fingerprint density at radius 3 is 2.29 bits per heavy atom. The van der Waals surface area contributed by atoms with Crippen LogP contribution in [0.2, 0.25) is 0 Å². The Balaban J connectivity index is 2.13. The van der Waals surface area contributed by atoms with Gasteiger partial charge in [0.1, 0.15) is 0 Å². The van der Waals surface area contributed by atoms with Crippen molar-refractivity contribution < 1.29 is 26.5 Å². The standard InChI is InChI=1S/C16H19N3O7S2/c1-26-11-3-10-17-27(22,23)15-8-6-13(7-9-15)18-28(24,25)16-5-2-4-14(12-16)19(20)21/h2,4-9,12,17-18H,3,10-11H2,1H3. The van der Waals surface area contributed by atoms with Crippen LogP contribution in [0.4, 0.5) is 11.4 Å². The number of nitro benzene ring substituents is 1. The first-order chi connectivity index (χ1) is 13.2. The van der Waals surface area contributed by atoms with Crippen LogP contribution >= 0.6 is 0 Å². The van der Waals surface area contributed by atoms with Crippen LogP contribution in [0.3, 0.4) is 0 Å². The summed E-state index contributed by atoms with van der Waals surface area (Å²) in [5, 5.41) is 10.8. The molecule has 0 aliphatic rings. The molecule has 10 nitrogen and oxygen atoms in total. The predicted octanol–water partition coefficient (Wildman–Crippen LogP) is 1.71. The quantitative estimate of drug-likeness (QED) is 0.332. The van der Waals surface area contributed by atoms with Gasteiger partial charge >= 0.3 is 0 Å². The fourth-order valence-corrected chi connectivity index (χ4v) is 4.36. The number of nitrogens with one attached hydrogen (secondary N) is 2. The van der Waals surface area contributed by atoms with Gasteiger partial charge in [-0.2, -0.15) is 0 Å². The van der Waals surface area contributed by atoms with Gasteiger partial charge in [-0.25, -0.2) is 21.6 Å². The van der Waals surface area contributed by atoms with Gasteiger partial charge in [-0.3, -0.25) is 14.8 Å². The zero-order valence-electron chi connectivity index (χ0n) is 14.9. The van der Waals surface area contributed by atoms with E-state index in [0.717, 1.165) is 6.07 Å². The van der Waals surface area contributed by atoms with Crippen molar-refractivity contribution in [2.75, 3.05) is 25.0 Å². The van der Waals surface area contributed by atoms with Crippen molar-refractivity contribution in [1.82, 2.24) is 4.72 Å². The van der Waals surface area contributed by atoms with E-state index in [-0.39, 0.29) is 27.7 Å². The molecule has 0 unspecified atom stereocenters. The zero-order valence-corrected chi connectivity index (χ0v) is 16.5. The van der Waals surface area contributed by atoms with Crippen LogP contribution in [0.15, 0.2) is 58.3 Å². The molecule has 0 spiro atoms. The Kier molecular flexibility index (Phi) is 7.07. The fourth-order valence-electron chi connectivity index (χ4n) is 2.19. The average Bonchev–Trinajstić information content (AvgIpc) is 2.65. The van der Waals surface area contributed by atoms with E-state index in [0.29, 0.717) is 13.0 Å². The number of nitrogens with zero attached hydrogens (tertiary/aromatic N) is 1. The normalized spacial score (nSPS) is 11.9. The van der Waals surface area contributed by atoms with E-state index in [1.54, 1.807) is 0 Å². The van der Waals surface area contributed by atoms with Crippen LogP contribution in [0, 0.1) is 10.1 Å². The van der Waals surface area contributed by atoms with Gasteiger partial charge in [0.25, 0.3) is 15.7 Å². The van der Waals surface area contributed by atoms with Crippen LogP contribution in [-0.2, 0) is 24.8 Å². The van der Waals surface area contributed by atoms with E-state index in [4.69, 9.17) is 4.74 Å². The summed E-state index contributed by atoms with van der Waals surface area (Å²) in [6, 6.07) is 9.68. The van der Waals surface area contributed by atoms with Crippen LogP contribution in [0.5, 0.6) is 0 Å². The maximum Gasteiger partial charge on any atom is 0.270 e. The lowest BCUT2D eigenvalue weighted by Gasteiger charge is -2.10. The highest BCUT2D eigenvalue weighted by atomic mass is 32.2. The van der Waals surface area contributed by atoms with E-state index in [1.165, 1.54) is 49.6 Å². The van der Waals surface area contributed by atoms with Crippen molar-refractivity contribution in [2.24, 2.45) is 0 Å². The largest absolute Gasteiger partial charge is 0.385 e. The van der Waals surface area contributed by atoms with Gasteiger partial charge in [0.05, 0.1) is 14.7 Å². The number of hydrogen-bond acceptors (Lipinski definition) is 7. The van der Waals surface area contributed by atoms with Crippen molar-refractivity contribution in [3.8, 4) is 0 Å². The average molecular weight is 429 g/mol. The third kappa shape index (κ3) is 5.73. The number of methoxy groups -OCH3 is 1. The summed E-state index contributed by atoms with van der Waals surface area (Å²) in [5.74, 6) is 0. The molecule has 2 N–H and O–H groups in total. The van der Waals surface area contributed by atoms with Gasteiger partial charge in [0.2, 0.25) is 10.0 Å². The third-order valence-electron chi connectivity index (χ3n) is 3.57. The summed E-state index contributed by atoms with van der Waals surface area (Å²) in [5.41, 5.74) is -0.242. The minimum absolute atomic E-state index is 0.0248. The summed E-state index contributed by atoms with van der Waals surface area (Å²) in [4.78, 5) is 9.80. The van der Waals surface area contributed by atoms with Gasteiger partial charge in [-0.05, 0) is 36.8 Å². The van der Waals surface area contributed by atoms with E-state index in [2.05, 4.69) is 9.44 Å². The minimum Gasteiger partial charge on any atom is -0.385 e. The lowest BCUT2D eigenvalue weighted by Crippen LogP contribution is -2.25. The van der Waals surface area contributed by atoms with Crippen LogP contribution in [0.1, 0.15) is 6.42 Å². The molecular weight excluding hydrogens is 410 g/mol. The van der Waals surface area contributed by atoms with Crippen LogP contribution in [0.25, 0.3) is 0 Å². The monoisotopic (exact) mass is 429 g/mol. The van der Waals surface area contributed by atoms with Crippen LogP contribution < -0.4 is 9.44 Å². The summed E-state index contributed by atoms with van der Waals surface area (Å²) >= 11 is 0. The van der Waals surface area contributed by atoms with Gasteiger partial charge < -0.3 is 4.74 Å². The molecule has 12 heteroatoms. The molecule has 0 aliphatic carbocycles. The second-order valence-electron chi connectivity index (χ2n) is 5.63. The van der Waals surface area contributed by atoms with E-state index in [1.807, 2.05) is 0 Å². The first kappa shape index (κ1) is 21.8. The number of nitro groups is 1. The first-order valence-corrected chi connectivity index (χ1v) is 11.0. The molecule has 0 aliphatic heterocycles. The van der Waals surface area contributed by atoms with Crippen LogP contribution in [-0.4, -0.2) is 42.0 Å². The molecule has 0 fully saturated rings. The number of rotatable bonds is 10. The molecule has 0 heterocycles. The summed E-state index contributed by atoms with van der Waals surface area (Å²) in [6.45, 7) is 0.623. The summed E-state index contributed by atoms with van der Waals surface area (Å²) in [6.07, 6.45) is 0.511. The molecule has 28 heavy (non-hydrogen) atoms. The first-order valence-electron chi connectivity index (χ1n) is 8.02. The number of sulfonamides is 2. The smallest absolute Gasteiger partial charge is 0.270 e. The topological polar surface area (TPSA) is 145 Å². The molecule has 2 rings (SSSR count). The molecule has 2 aromatic rings. The number of non-ortho nitro benzene ring substituents is 1. The number of hydrogen-bond donors (Lipinski definition) is 2. The highest BCUT2D eigenvalue weighted by Crippen LogP contribution is 2.21. The molecule has 0 saturated carbocycles. The molecule has 0 radical (unpaired) electrons. The second-order valence-corrected chi connectivity index (χ2v) is 9.08. The van der Waals surface area contributed by atoms with Crippen molar-refractivity contribution >= 4 is 31.4 Å². The Morgan fingerprint density at radius 2 is 1.68 bits per heavy atom. The highest BCUT2D eigenvalue weighted by Gasteiger charge is 2.19. The SMILES string of the molecule is COCCCNS(=O)(=O)c1ccc(NS(=O)(=O)c2cccc([N+](=O)[O-])c2)cc1. The van der Waals surface area contributed by atoms with E-state index >= 15 is 0 Å². The van der Waals surface area contributed by atoms with E-state index in [9.17, 15) is 26.9 Å². The molecule has 0 atom stereocenters. The summed E-state index contributed by atoms with van der Waals surface area (Å²) in [7, 11) is -6.28. The fraction of sp³-hybridized carbons (Fsp3) is 0.250. The maximum absolute atomic E-state index is 12.4. The number of ether oxygens (including phenoxy) is 1. The molecular formula is C16H19N3O7S2. The lowest BCUT2D eigenvalue weighted by molar-refractivity contribution is -0.385. The Labute approximate surface area is 162 Å². The van der Waals surface area contributed by atoms with Crippen molar-refractivity contribution in [3.05, 3.63) is 58.6 Å². The maximum atomic E-state index is 12.4. The lowest BCUT2D eigenvalue weighted by atomic mass is 10.3. The van der Waals surface area contributed by atoms with Crippen molar-refractivity contribution in [1.29, 1.82) is 0 Å². The van der Waals surface area contributed by atoms with Gasteiger partial charge in [0.15, 0.2) is 0 Å². The predicted molar refractivity (Wildman–Crippen MR) is 102 cm³/mol. The minimum atomic E-state index is -4.07.